The maximum Gasteiger partial charge on any atom is 0.336 e. The van der Waals surface area contributed by atoms with Crippen LogP contribution in [0, 0.1) is 0 Å². The number of amides is 1. The molecular weight excluding hydrogens is 282 g/mol. The number of hydrogen-bond donors (Lipinski definition) is 2. The van der Waals surface area contributed by atoms with E-state index in [9.17, 15) is 18.0 Å². The van der Waals surface area contributed by atoms with Crippen molar-refractivity contribution >= 4 is 21.7 Å². The van der Waals surface area contributed by atoms with Crippen LogP contribution in [0.15, 0.2) is 24.3 Å². The van der Waals surface area contributed by atoms with E-state index in [1.54, 1.807) is 12.1 Å². The molecule has 1 aromatic carbocycles. The Labute approximate surface area is 116 Å². The smallest absolute Gasteiger partial charge is 0.336 e. The average Bonchev–Trinajstić information content (AvgIpc) is 2.41. The summed E-state index contributed by atoms with van der Waals surface area (Å²) < 4.78 is 22.6. The second kappa shape index (κ2) is 5.62. The van der Waals surface area contributed by atoms with Crippen LogP contribution in [0.2, 0.25) is 0 Å². The quantitative estimate of drug-likeness (QED) is 0.855. The number of sulfone groups is 1. The minimum Gasteiger partial charge on any atom is -0.478 e. The summed E-state index contributed by atoms with van der Waals surface area (Å²) in [6.45, 7) is 0. The third kappa shape index (κ3) is 3.36. The number of hydrogen-bond acceptors (Lipinski definition) is 4. The maximum atomic E-state index is 12.1. The van der Waals surface area contributed by atoms with Gasteiger partial charge in [0.2, 0.25) is 0 Å². The van der Waals surface area contributed by atoms with Gasteiger partial charge in [0.05, 0.1) is 22.6 Å². The van der Waals surface area contributed by atoms with Crippen molar-refractivity contribution in [2.45, 2.75) is 18.9 Å². The van der Waals surface area contributed by atoms with E-state index >= 15 is 0 Å². The lowest BCUT2D eigenvalue weighted by atomic mass is 10.1. The van der Waals surface area contributed by atoms with Gasteiger partial charge < -0.3 is 10.4 Å². The summed E-state index contributed by atoms with van der Waals surface area (Å²) in [5.74, 6) is -1.54. The molecule has 1 saturated heterocycles. The molecule has 1 aliphatic rings. The summed E-state index contributed by atoms with van der Waals surface area (Å²) in [6, 6.07) is 5.72. The molecule has 0 saturated carbocycles. The molecule has 0 spiro atoms. The van der Waals surface area contributed by atoms with Gasteiger partial charge in [-0.2, -0.15) is 0 Å². The number of aromatic carboxylic acids is 1. The first-order valence-corrected chi connectivity index (χ1v) is 8.05. The first kappa shape index (κ1) is 14.5. The standard InChI is InChI=1S/C13H15NO5S/c15-12(10-3-1-2-4-11(10)13(16)17)14-9-5-7-20(18,19)8-6-9/h1-4,9H,5-8H2,(H,14,15)(H,16,17). The summed E-state index contributed by atoms with van der Waals surface area (Å²) in [5.41, 5.74) is 0.0295. The minimum atomic E-state index is -2.98. The van der Waals surface area contributed by atoms with Gasteiger partial charge in [-0.3, -0.25) is 4.79 Å². The topological polar surface area (TPSA) is 101 Å². The van der Waals surface area contributed by atoms with Crippen molar-refractivity contribution in [1.29, 1.82) is 0 Å². The van der Waals surface area contributed by atoms with Crippen LogP contribution >= 0.6 is 0 Å². The molecule has 108 valence electrons. The van der Waals surface area contributed by atoms with Crippen molar-refractivity contribution in [1.82, 2.24) is 5.32 Å². The molecule has 1 amide bonds. The molecule has 0 unspecified atom stereocenters. The molecule has 0 aromatic heterocycles. The number of carbonyl (C=O) groups is 2. The predicted octanol–water partition coefficient (Wildman–Crippen LogP) is 0.692. The molecule has 1 heterocycles. The number of rotatable bonds is 3. The molecule has 0 atom stereocenters. The number of nitrogens with one attached hydrogen (secondary N) is 1. The second-order valence-corrected chi connectivity index (χ2v) is 7.05. The van der Waals surface area contributed by atoms with E-state index in [0.717, 1.165) is 0 Å². The molecule has 20 heavy (non-hydrogen) atoms. The summed E-state index contributed by atoms with van der Waals surface area (Å²) in [6.07, 6.45) is 0.729. The van der Waals surface area contributed by atoms with E-state index in [-0.39, 0.29) is 28.7 Å². The second-order valence-electron chi connectivity index (χ2n) is 4.75. The van der Waals surface area contributed by atoms with Gasteiger partial charge in [0, 0.05) is 6.04 Å². The molecule has 0 bridgehead atoms. The van der Waals surface area contributed by atoms with Crippen LogP contribution in [-0.2, 0) is 9.84 Å². The zero-order valence-electron chi connectivity index (χ0n) is 10.7. The number of carboxylic acids is 1. The van der Waals surface area contributed by atoms with Crippen LogP contribution < -0.4 is 5.32 Å². The Morgan fingerprint density at radius 3 is 2.20 bits per heavy atom. The Kier molecular flexibility index (Phi) is 4.08. The van der Waals surface area contributed by atoms with Gasteiger partial charge in [-0.25, -0.2) is 13.2 Å². The summed E-state index contributed by atoms with van der Waals surface area (Å²) in [4.78, 5) is 23.1. The summed E-state index contributed by atoms with van der Waals surface area (Å²) in [5, 5.41) is 11.7. The zero-order valence-corrected chi connectivity index (χ0v) is 11.5. The fourth-order valence-corrected chi connectivity index (χ4v) is 3.66. The van der Waals surface area contributed by atoms with Gasteiger partial charge in [-0.05, 0) is 25.0 Å². The maximum absolute atomic E-state index is 12.1. The van der Waals surface area contributed by atoms with Gasteiger partial charge in [0.1, 0.15) is 9.84 Å². The van der Waals surface area contributed by atoms with Crippen LogP contribution in [0.5, 0.6) is 0 Å². The van der Waals surface area contributed by atoms with Crippen LogP contribution in [-0.4, -0.2) is 42.9 Å². The monoisotopic (exact) mass is 297 g/mol. The lowest BCUT2D eigenvalue weighted by Gasteiger charge is -2.23. The van der Waals surface area contributed by atoms with E-state index in [1.807, 2.05) is 0 Å². The van der Waals surface area contributed by atoms with Gasteiger partial charge >= 0.3 is 5.97 Å². The van der Waals surface area contributed by atoms with Crippen molar-refractivity contribution in [3.8, 4) is 0 Å². The van der Waals surface area contributed by atoms with Crippen molar-refractivity contribution < 1.29 is 23.1 Å². The third-order valence-electron chi connectivity index (χ3n) is 3.29. The fourth-order valence-electron chi connectivity index (χ4n) is 2.17. The molecule has 0 aliphatic carbocycles. The van der Waals surface area contributed by atoms with E-state index in [1.165, 1.54) is 12.1 Å². The highest BCUT2D eigenvalue weighted by Gasteiger charge is 2.26. The predicted molar refractivity (Wildman–Crippen MR) is 72.5 cm³/mol. The SMILES string of the molecule is O=C(O)c1ccccc1C(=O)NC1CCS(=O)(=O)CC1. The number of carboxylic acid groups (broad SMARTS) is 1. The van der Waals surface area contributed by atoms with Crippen molar-refractivity contribution in [3.05, 3.63) is 35.4 Å². The van der Waals surface area contributed by atoms with Crippen LogP contribution in [0.1, 0.15) is 33.6 Å². The molecule has 6 nitrogen and oxygen atoms in total. The van der Waals surface area contributed by atoms with Gasteiger partial charge in [0.25, 0.3) is 5.91 Å². The van der Waals surface area contributed by atoms with Crippen molar-refractivity contribution in [2.24, 2.45) is 0 Å². The van der Waals surface area contributed by atoms with E-state index < -0.39 is 21.7 Å². The Morgan fingerprint density at radius 1 is 1.10 bits per heavy atom. The number of benzene rings is 1. The van der Waals surface area contributed by atoms with Gasteiger partial charge in [-0.1, -0.05) is 12.1 Å². The first-order valence-electron chi connectivity index (χ1n) is 6.23. The lowest BCUT2D eigenvalue weighted by molar-refractivity contribution is 0.0690. The molecule has 1 fully saturated rings. The zero-order chi connectivity index (χ0) is 14.8. The number of carbonyl (C=O) groups excluding carboxylic acids is 1. The normalized spacial score (nSPS) is 18.4. The first-order chi connectivity index (χ1) is 9.39. The van der Waals surface area contributed by atoms with Crippen LogP contribution in [0.3, 0.4) is 0 Å². The van der Waals surface area contributed by atoms with E-state index in [2.05, 4.69) is 5.32 Å². The molecule has 1 aliphatic heterocycles. The van der Waals surface area contributed by atoms with Crippen LogP contribution in [0.25, 0.3) is 0 Å². The molecule has 1 aromatic rings. The van der Waals surface area contributed by atoms with Crippen molar-refractivity contribution in [2.75, 3.05) is 11.5 Å². The summed E-state index contributed by atoms with van der Waals surface area (Å²) in [7, 11) is -2.98. The van der Waals surface area contributed by atoms with Crippen molar-refractivity contribution in [3.63, 3.8) is 0 Å². The fraction of sp³-hybridized carbons (Fsp3) is 0.385. The molecule has 2 N–H and O–H groups in total. The molecule has 0 radical (unpaired) electrons. The average molecular weight is 297 g/mol. The highest BCUT2D eigenvalue weighted by atomic mass is 32.2. The van der Waals surface area contributed by atoms with Crippen LogP contribution in [0.4, 0.5) is 0 Å². The molecule has 2 rings (SSSR count). The highest BCUT2D eigenvalue weighted by molar-refractivity contribution is 7.91. The Balaban J connectivity index is 2.08. The largest absolute Gasteiger partial charge is 0.478 e. The Hall–Kier alpha value is -1.89. The Morgan fingerprint density at radius 2 is 1.65 bits per heavy atom. The summed E-state index contributed by atoms with van der Waals surface area (Å²) >= 11 is 0. The highest BCUT2D eigenvalue weighted by Crippen LogP contribution is 2.14. The Bertz CT molecular complexity index is 624. The minimum absolute atomic E-state index is 0.0541. The molecule has 7 heteroatoms. The van der Waals surface area contributed by atoms with E-state index in [4.69, 9.17) is 5.11 Å². The lowest BCUT2D eigenvalue weighted by Crippen LogP contribution is -2.41. The molecular formula is C13H15NO5S. The third-order valence-corrected chi connectivity index (χ3v) is 5.01. The van der Waals surface area contributed by atoms with E-state index in [0.29, 0.717) is 12.8 Å². The van der Waals surface area contributed by atoms with Gasteiger partial charge in [-0.15, -0.1) is 0 Å². The van der Waals surface area contributed by atoms with Gasteiger partial charge in [0.15, 0.2) is 0 Å².